The van der Waals surface area contributed by atoms with Crippen molar-refractivity contribution in [3.8, 4) is 0 Å². The minimum atomic E-state index is 0.139. The maximum atomic E-state index is 12.5. The number of carbonyl (C=O) groups is 2. The van der Waals surface area contributed by atoms with Crippen LogP contribution in [-0.4, -0.2) is 59.9 Å². The van der Waals surface area contributed by atoms with Crippen molar-refractivity contribution in [3.05, 3.63) is 0 Å². The first-order chi connectivity index (χ1) is 9.15. The quantitative estimate of drug-likeness (QED) is 0.737. The standard InChI is InChI=1S/C14H23N3O2/c1-10-2-3-11(8-15-10)14(19)16-6-7-17-12(9-16)4-5-13(17)18/h10-12,15H,2-9H2,1H3. The lowest BCUT2D eigenvalue weighted by atomic mass is 9.93. The molecule has 0 aromatic rings. The molecule has 0 saturated carbocycles. The summed E-state index contributed by atoms with van der Waals surface area (Å²) in [5.74, 6) is 0.698. The van der Waals surface area contributed by atoms with Crippen molar-refractivity contribution >= 4 is 11.8 Å². The van der Waals surface area contributed by atoms with Gasteiger partial charge in [0.25, 0.3) is 0 Å². The zero-order valence-electron chi connectivity index (χ0n) is 11.6. The maximum absolute atomic E-state index is 12.5. The Bertz CT molecular complexity index is 377. The van der Waals surface area contributed by atoms with E-state index in [1.54, 1.807) is 0 Å². The number of hydrogen-bond acceptors (Lipinski definition) is 3. The topological polar surface area (TPSA) is 52.7 Å². The number of piperidine rings is 1. The molecule has 3 unspecified atom stereocenters. The Kier molecular flexibility index (Phi) is 3.48. The van der Waals surface area contributed by atoms with Crippen LogP contribution in [0.4, 0.5) is 0 Å². The van der Waals surface area contributed by atoms with E-state index in [1.165, 1.54) is 0 Å². The highest BCUT2D eigenvalue weighted by atomic mass is 16.2. The van der Waals surface area contributed by atoms with Crippen molar-refractivity contribution < 1.29 is 9.59 Å². The Labute approximate surface area is 114 Å². The fourth-order valence-corrected chi connectivity index (χ4v) is 3.53. The van der Waals surface area contributed by atoms with E-state index in [9.17, 15) is 9.59 Å². The van der Waals surface area contributed by atoms with Gasteiger partial charge in [-0.3, -0.25) is 9.59 Å². The third kappa shape index (κ3) is 2.48. The SMILES string of the molecule is CC1CCC(C(=O)N2CCN3C(=O)CCC3C2)CN1. The summed E-state index contributed by atoms with van der Waals surface area (Å²) in [6, 6.07) is 0.814. The minimum Gasteiger partial charge on any atom is -0.339 e. The molecule has 1 N–H and O–H groups in total. The number of fused-ring (bicyclic) bond motifs is 1. The molecule has 0 aromatic carbocycles. The summed E-state index contributed by atoms with van der Waals surface area (Å²) in [4.78, 5) is 28.1. The molecule has 19 heavy (non-hydrogen) atoms. The van der Waals surface area contributed by atoms with Gasteiger partial charge in [-0.15, -0.1) is 0 Å². The van der Waals surface area contributed by atoms with Gasteiger partial charge in [-0.25, -0.2) is 0 Å². The minimum absolute atomic E-state index is 0.139. The lowest BCUT2D eigenvalue weighted by Crippen LogP contribution is -2.55. The lowest BCUT2D eigenvalue weighted by molar-refractivity contribution is -0.142. The number of carbonyl (C=O) groups excluding carboxylic acids is 2. The van der Waals surface area contributed by atoms with Crippen LogP contribution in [0.15, 0.2) is 0 Å². The van der Waals surface area contributed by atoms with Gasteiger partial charge in [-0.05, 0) is 26.2 Å². The van der Waals surface area contributed by atoms with Crippen LogP contribution in [-0.2, 0) is 9.59 Å². The van der Waals surface area contributed by atoms with Gasteiger partial charge in [0, 0.05) is 44.7 Å². The molecule has 106 valence electrons. The molecule has 5 heteroatoms. The van der Waals surface area contributed by atoms with Gasteiger partial charge in [0.1, 0.15) is 0 Å². The molecule has 3 aliphatic rings. The highest BCUT2D eigenvalue weighted by molar-refractivity contribution is 5.81. The molecule has 3 saturated heterocycles. The third-order valence-corrected chi connectivity index (χ3v) is 4.82. The van der Waals surface area contributed by atoms with Crippen molar-refractivity contribution in [2.75, 3.05) is 26.2 Å². The van der Waals surface area contributed by atoms with E-state index in [-0.39, 0.29) is 17.9 Å². The van der Waals surface area contributed by atoms with E-state index in [0.717, 1.165) is 38.9 Å². The van der Waals surface area contributed by atoms with Crippen molar-refractivity contribution in [1.82, 2.24) is 15.1 Å². The fraction of sp³-hybridized carbons (Fsp3) is 0.857. The van der Waals surface area contributed by atoms with E-state index < -0.39 is 0 Å². The first-order valence-corrected chi connectivity index (χ1v) is 7.47. The van der Waals surface area contributed by atoms with Gasteiger partial charge in [-0.2, -0.15) is 0 Å². The summed E-state index contributed by atoms with van der Waals surface area (Å²) >= 11 is 0. The number of nitrogens with one attached hydrogen (secondary N) is 1. The molecule has 0 radical (unpaired) electrons. The molecular formula is C14H23N3O2. The molecule has 5 nitrogen and oxygen atoms in total. The second-order valence-corrected chi connectivity index (χ2v) is 6.15. The predicted octanol–water partition coefficient (Wildman–Crippen LogP) is 0.208. The number of piperazine rings is 1. The highest BCUT2D eigenvalue weighted by Gasteiger charge is 2.38. The highest BCUT2D eigenvalue weighted by Crippen LogP contribution is 2.25. The third-order valence-electron chi connectivity index (χ3n) is 4.82. The van der Waals surface area contributed by atoms with Crippen molar-refractivity contribution in [2.24, 2.45) is 5.92 Å². The van der Waals surface area contributed by atoms with E-state index in [4.69, 9.17) is 0 Å². The first kappa shape index (κ1) is 12.9. The zero-order valence-corrected chi connectivity index (χ0v) is 11.6. The van der Waals surface area contributed by atoms with Crippen LogP contribution in [0.3, 0.4) is 0 Å². The summed E-state index contributed by atoms with van der Waals surface area (Å²) in [5.41, 5.74) is 0. The van der Waals surface area contributed by atoms with Crippen molar-refractivity contribution in [3.63, 3.8) is 0 Å². The second kappa shape index (κ2) is 5.12. The van der Waals surface area contributed by atoms with Crippen LogP contribution in [0.2, 0.25) is 0 Å². The molecule has 0 aliphatic carbocycles. The van der Waals surface area contributed by atoms with E-state index >= 15 is 0 Å². The van der Waals surface area contributed by atoms with E-state index in [1.807, 2.05) is 9.80 Å². The smallest absolute Gasteiger partial charge is 0.227 e. The Morgan fingerprint density at radius 1 is 1.26 bits per heavy atom. The lowest BCUT2D eigenvalue weighted by Gasteiger charge is -2.40. The number of amides is 2. The molecule has 0 bridgehead atoms. The first-order valence-electron chi connectivity index (χ1n) is 7.47. The van der Waals surface area contributed by atoms with Crippen molar-refractivity contribution in [2.45, 2.75) is 44.7 Å². The van der Waals surface area contributed by atoms with Crippen LogP contribution < -0.4 is 5.32 Å². The Morgan fingerprint density at radius 3 is 2.84 bits per heavy atom. The van der Waals surface area contributed by atoms with Crippen LogP contribution in [0.1, 0.15) is 32.6 Å². The average Bonchev–Trinajstić information content (AvgIpc) is 2.80. The largest absolute Gasteiger partial charge is 0.339 e. The van der Waals surface area contributed by atoms with Crippen LogP contribution in [0.25, 0.3) is 0 Å². The van der Waals surface area contributed by atoms with Crippen molar-refractivity contribution in [1.29, 1.82) is 0 Å². The Hall–Kier alpha value is -1.10. The second-order valence-electron chi connectivity index (χ2n) is 6.15. The van der Waals surface area contributed by atoms with Gasteiger partial charge >= 0.3 is 0 Å². The fourth-order valence-electron chi connectivity index (χ4n) is 3.53. The molecule has 2 amide bonds. The Balaban J connectivity index is 1.58. The van der Waals surface area contributed by atoms with Gasteiger partial charge in [0.05, 0.1) is 5.92 Å². The van der Waals surface area contributed by atoms with Crippen LogP contribution in [0, 0.1) is 5.92 Å². The molecule has 3 rings (SSSR count). The summed E-state index contributed by atoms with van der Waals surface area (Å²) < 4.78 is 0. The predicted molar refractivity (Wildman–Crippen MR) is 71.5 cm³/mol. The molecule has 3 atom stereocenters. The summed E-state index contributed by atoms with van der Waals surface area (Å²) in [6.07, 6.45) is 3.66. The zero-order chi connectivity index (χ0) is 13.4. The summed E-state index contributed by atoms with van der Waals surface area (Å²) in [5, 5.41) is 3.39. The number of rotatable bonds is 1. The van der Waals surface area contributed by atoms with Gasteiger partial charge in [0.15, 0.2) is 0 Å². The molecule has 3 heterocycles. The summed E-state index contributed by atoms with van der Waals surface area (Å²) in [7, 11) is 0. The van der Waals surface area contributed by atoms with E-state index in [2.05, 4.69) is 12.2 Å². The molecule has 0 aromatic heterocycles. The van der Waals surface area contributed by atoms with Gasteiger partial charge < -0.3 is 15.1 Å². The summed E-state index contributed by atoms with van der Waals surface area (Å²) in [6.45, 7) is 5.17. The Morgan fingerprint density at radius 2 is 2.11 bits per heavy atom. The molecule has 0 spiro atoms. The molecule has 3 fully saturated rings. The van der Waals surface area contributed by atoms with Gasteiger partial charge in [-0.1, -0.05) is 0 Å². The van der Waals surface area contributed by atoms with E-state index in [0.29, 0.717) is 24.9 Å². The molecular weight excluding hydrogens is 242 g/mol. The van der Waals surface area contributed by atoms with Crippen LogP contribution >= 0.6 is 0 Å². The monoisotopic (exact) mass is 265 g/mol. The number of nitrogens with zero attached hydrogens (tertiary/aromatic N) is 2. The van der Waals surface area contributed by atoms with Gasteiger partial charge in [0.2, 0.25) is 11.8 Å². The maximum Gasteiger partial charge on any atom is 0.227 e. The van der Waals surface area contributed by atoms with Crippen LogP contribution in [0.5, 0.6) is 0 Å². The normalized spacial score (nSPS) is 35.4. The number of hydrogen-bond donors (Lipinski definition) is 1. The average molecular weight is 265 g/mol. The molecule has 3 aliphatic heterocycles.